The zero-order valence-corrected chi connectivity index (χ0v) is 15.3. The van der Waals surface area contributed by atoms with Gasteiger partial charge in [0.2, 0.25) is 0 Å². The zero-order valence-electron chi connectivity index (χ0n) is 13.0. The Bertz CT molecular complexity index is 759. The summed E-state index contributed by atoms with van der Waals surface area (Å²) < 4.78 is 5.67. The van der Waals surface area contributed by atoms with E-state index in [1.165, 1.54) is 6.21 Å². The van der Waals surface area contributed by atoms with Gasteiger partial charge in [0.1, 0.15) is 5.75 Å². The largest absolute Gasteiger partial charge is 0.478 e. The Morgan fingerprint density at radius 1 is 1.12 bits per heavy atom. The van der Waals surface area contributed by atoms with Crippen molar-refractivity contribution in [1.82, 2.24) is 5.43 Å². The molecular formula is C17H15Cl3N2O2. The van der Waals surface area contributed by atoms with E-state index in [4.69, 9.17) is 39.5 Å². The predicted molar refractivity (Wildman–Crippen MR) is 98.4 cm³/mol. The van der Waals surface area contributed by atoms with E-state index in [-0.39, 0.29) is 0 Å². The molecule has 1 N–H and O–H groups in total. The number of carbonyl (C=O) groups excluding carboxylic acids is 1. The molecule has 24 heavy (non-hydrogen) atoms. The molecule has 0 heterocycles. The van der Waals surface area contributed by atoms with Crippen LogP contribution in [0.1, 0.15) is 19.4 Å². The summed E-state index contributed by atoms with van der Waals surface area (Å²) in [6.07, 6.45) is 1.42. The summed E-state index contributed by atoms with van der Waals surface area (Å²) in [5.41, 5.74) is 1.90. The Morgan fingerprint density at radius 2 is 1.79 bits per heavy atom. The molecule has 0 spiro atoms. The first-order valence-corrected chi connectivity index (χ1v) is 8.15. The lowest BCUT2D eigenvalue weighted by Crippen LogP contribution is -2.44. The summed E-state index contributed by atoms with van der Waals surface area (Å²) in [6, 6.07) is 11.9. The first-order chi connectivity index (χ1) is 11.3. The summed E-state index contributed by atoms with van der Waals surface area (Å²) in [5, 5.41) is 5.27. The number of nitrogens with one attached hydrogen (secondary N) is 1. The first kappa shape index (κ1) is 18.6. The lowest BCUT2D eigenvalue weighted by atomic mass is 10.1. The first-order valence-electron chi connectivity index (χ1n) is 7.02. The van der Waals surface area contributed by atoms with Crippen molar-refractivity contribution in [3.63, 3.8) is 0 Å². The van der Waals surface area contributed by atoms with E-state index in [0.717, 1.165) is 0 Å². The van der Waals surface area contributed by atoms with Crippen molar-refractivity contribution in [2.75, 3.05) is 0 Å². The number of carbonyl (C=O) groups is 1. The van der Waals surface area contributed by atoms with Crippen LogP contribution in [0.2, 0.25) is 15.1 Å². The number of rotatable bonds is 5. The monoisotopic (exact) mass is 384 g/mol. The van der Waals surface area contributed by atoms with E-state index in [9.17, 15) is 4.79 Å². The summed E-state index contributed by atoms with van der Waals surface area (Å²) in [6.45, 7) is 3.28. The second kappa shape index (κ2) is 7.88. The minimum absolute atomic E-state index is 0.369. The third-order valence-electron chi connectivity index (χ3n) is 3.08. The average Bonchev–Trinajstić information content (AvgIpc) is 2.53. The van der Waals surface area contributed by atoms with Crippen molar-refractivity contribution in [3.8, 4) is 5.75 Å². The molecule has 126 valence electrons. The number of amides is 1. The number of nitrogens with zero attached hydrogens (tertiary/aromatic N) is 1. The van der Waals surface area contributed by atoms with Gasteiger partial charge in [-0.3, -0.25) is 4.79 Å². The van der Waals surface area contributed by atoms with Gasteiger partial charge in [0.25, 0.3) is 5.91 Å². The molecule has 2 rings (SSSR count). The molecule has 4 nitrogen and oxygen atoms in total. The number of hydrazone groups is 1. The maximum absolute atomic E-state index is 12.2. The highest BCUT2D eigenvalue weighted by atomic mass is 35.5. The van der Waals surface area contributed by atoms with Crippen molar-refractivity contribution >= 4 is 46.9 Å². The molecule has 0 radical (unpaired) electrons. The number of hydrogen-bond acceptors (Lipinski definition) is 3. The van der Waals surface area contributed by atoms with E-state index in [1.807, 2.05) is 0 Å². The molecule has 2 aromatic rings. The molecule has 2 aromatic carbocycles. The summed E-state index contributed by atoms with van der Waals surface area (Å²) in [5.74, 6) is 0.119. The van der Waals surface area contributed by atoms with E-state index in [1.54, 1.807) is 56.3 Å². The van der Waals surface area contributed by atoms with Gasteiger partial charge in [0.05, 0.1) is 16.3 Å². The van der Waals surface area contributed by atoms with Crippen LogP contribution in [0.15, 0.2) is 47.6 Å². The Hall–Kier alpha value is -1.75. The molecule has 0 bridgehead atoms. The Balaban J connectivity index is 2.01. The predicted octanol–water partition coefficient (Wildman–Crippen LogP) is 4.95. The molecule has 0 fully saturated rings. The highest BCUT2D eigenvalue weighted by molar-refractivity contribution is 6.43. The van der Waals surface area contributed by atoms with Crippen molar-refractivity contribution in [3.05, 3.63) is 63.1 Å². The second-order valence-corrected chi connectivity index (χ2v) is 6.63. The third-order valence-corrected chi connectivity index (χ3v) is 4.17. The van der Waals surface area contributed by atoms with Crippen LogP contribution in [0.4, 0.5) is 0 Å². The summed E-state index contributed by atoms with van der Waals surface area (Å²) in [7, 11) is 0. The van der Waals surface area contributed by atoms with E-state index in [2.05, 4.69) is 10.5 Å². The molecule has 7 heteroatoms. The number of benzene rings is 2. The van der Waals surface area contributed by atoms with Gasteiger partial charge >= 0.3 is 0 Å². The molecule has 0 atom stereocenters. The maximum atomic E-state index is 12.2. The zero-order chi connectivity index (χ0) is 17.7. The van der Waals surface area contributed by atoms with Gasteiger partial charge in [-0.15, -0.1) is 0 Å². The smallest absolute Gasteiger partial charge is 0.283 e. The number of halogens is 3. The molecule has 0 aliphatic heterocycles. The summed E-state index contributed by atoms with van der Waals surface area (Å²) in [4.78, 5) is 12.2. The van der Waals surface area contributed by atoms with Crippen molar-refractivity contribution in [1.29, 1.82) is 0 Å². The van der Waals surface area contributed by atoms with Gasteiger partial charge in [-0.2, -0.15) is 5.10 Å². The van der Waals surface area contributed by atoms with Gasteiger partial charge in [0, 0.05) is 10.6 Å². The molecule has 0 aliphatic carbocycles. The Kier molecular flexibility index (Phi) is 6.10. The summed E-state index contributed by atoms with van der Waals surface area (Å²) >= 11 is 17.8. The second-order valence-electron chi connectivity index (χ2n) is 5.41. The van der Waals surface area contributed by atoms with E-state index >= 15 is 0 Å². The number of hydrogen-bond donors (Lipinski definition) is 1. The maximum Gasteiger partial charge on any atom is 0.283 e. The molecule has 1 amide bonds. The molecule has 0 aromatic heterocycles. The van der Waals surface area contributed by atoms with Gasteiger partial charge in [-0.05, 0) is 44.2 Å². The minimum Gasteiger partial charge on any atom is -0.478 e. The number of ether oxygens (including phenoxy) is 1. The highest BCUT2D eigenvalue weighted by Crippen LogP contribution is 2.24. The van der Waals surface area contributed by atoms with Crippen LogP contribution in [0.3, 0.4) is 0 Å². The fourth-order valence-electron chi connectivity index (χ4n) is 1.76. The Morgan fingerprint density at radius 3 is 2.46 bits per heavy atom. The van der Waals surface area contributed by atoms with Gasteiger partial charge < -0.3 is 4.74 Å². The van der Waals surface area contributed by atoms with Crippen LogP contribution >= 0.6 is 34.8 Å². The van der Waals surface area contributed by atoms with Gasteiger partial charge in [-0.25, -0.2) is 5.43 Å². The van der Waals surface area contributed by atoms with Crippen LogP contribution in [-0.4, -0.2) is 17.7 Å². The van der Waals surface area contributed by atoms with E-state index < -0.39 is 11.5 Å². The van der Waals surface area contributed by atoms with Crippen LogP contribution < -0.4 is 10.2 Å². The van der Waals surface area contributed by atoms with Crippen molar-refractivity contribution in [2.45, 2.75) is 19.4 Å². The van der Waals surface area contributed by atoms with E-state index in [0.29, 0.717) is 26.4 Å². The van der Waals surface area contributed by atoms with Crippen LogP contribution in [0, 0.1) is 0 Å². The quantitative estimate of drug-likeness (QED) is 0.584. The fourth-order valence-corrected chi connectivity index (χ4v) is 2.24. The van der Waals surface area contributed by atoms with Crippen LogP contribution in [0.25, 0.3) is 0 Å². The lowest BCUT2D eigenvalue weighted by Gasteiger charge is -2.24. The SMILES string of the molecule is CC(C)(Oc1ccc(Cl)cc1)C(=O)NN=Cc1cccc(Cl)c1Cl. The van der Waals surface area contributed by atoms with Crippen LogP contribution in [0.5, 0.6) is 5.75 Å². The molecular weight excluding hydrogens is 371 g/mol. The lowest BCUT2D eigenvalue weighted by molar-refractivity contribution is -0.134. The van der Waals surface area contributed by atoms with Crippen molar-refractivity contribution < 1.29 is 9.53 Å². The third kappa shape index (κ3) is 4.87. The Labute approximate surface area is 155 Å². The fraction of sp³-hybridized carbons (Fsp3) is 0.176. The highest BCUT2D eigenvalue weighted by Gasteiger charge is 2.29. The molecule has 0 saturated heterocycles. The molecule has 0 saturated carbocycles. The average molecular weight is 386 g/mol. The molecule has 0 unspecified atom stereocenters. The van der Waals surface area contributed by atoms with Crippen molar-refractivity contribution in [2.24, 2.45) is 5.10 Å². The van der Waals surface area contributed by atoms with Gasteiger partial charge in [-0.1, -0.05) is 46.9 Å². The molecule has 0 aliphatic rings. The normalized spacial score (nSPS) is 11.5. The van der Waals surface area contributed by atoms with Gasteiger partial charge in [0.15, 0.2) is 5.60 Å². The van der Waals surface area contributed by atoms with Crippen LogP contribution in [-0.2, 0) is 4.79 Å². The minimum atomic E-state index is -1.12. The standard InChI is InChI=1S/C17H15Cl3N2O2/c1-17(2,24-13-8-6-12(18)7-9-13)16(23)22-21-10-11-4-3-5-14(19)15(11)20/h3-10H,1-2H3,(H,22,23). The topological polar surface area (TPSA) is 50.7 Å².